The van der Waals surface area contributed by atoms with Crippen molar-refractivity contribution in [3.63, 3.8) is 0 Å². The molecule has 0 saturated heterocycles. The summed E-state index contributed by atoms with van der Waals surface area (Å²) < 4.78 is 5.82. The van der Waals surface area contributed by atoms with E-state index in [4.69, 9.17) is 4.74 Å². The summed E-state index contributed by atoms with van der Waals surface area (Å²) in [6.07, 6.45) is 0. The van der Waals surface area contributed by atoms with Crippen LogP contribution in [-0.2, 0) is 6.54 Å². The molecule has 0 atom stereocenters. The second-order valence-corrected chi connectivity index (χ2v) is 7.77. The minimum atomic E-state index is -0.316. The lowest BCUT2D eigenvalue weighted by atomic mass is 10.1. The molecule has 0 fully saturated rings. The van der Waals surface area contributed by atoms with Crippen molar-refractivity contribution >= 4 is 17.7 Å². The van der Waals surface area contributed by atoms with Crippen LogP contribution in [0.25, 0.3) is 0 Å². The van der Waals surface area contributed by atoms with Crippen molar-refractivity contribution in [2.75, 3.05) is 13.2 Å². The van der Waals surface area contributed by atoms with Crippen LogP contribution in [0.15, 0.2) is 66.7 Å². The number of ether oxygens (including phenoxy) is 1. The van der Waals surface area contributed by atoms with Crippen molar-refractivity contribution in [3.05, 3.63) is 100 Å². The van der Waals surface area contributed by atoms with Crippen molar-refractivity contribution in [1.29, 1.82) is 0 Å². The summed E-state index contributed by atoms with van der Waals surface area (Å²) in [5, 5.41) is 2.85. The third kappa shape index (κ3) is 4.25. The van der Waals surface area contributed by atoms with Crippen LogP contribution in [0.3, 0.4) is 0 Å². The van der Waals surface area contributed by atoms with Gasteiger partial charge in [0.15, 0.2) is 0 Å². The van der Waals surface area contributed by atoms with E-state index in [0.717, 1.165) is 16.9 Å². The van der Waals surface area contributed by atoms with E-state index in [1.807, 2.05) is 32.0 Å². The van der Waals surface area contributed by atoms with Gasteiger partial charge >= 0.3 is 0 Å². The Labute approximate surface area is 186 Å². The van der Waals surface area contributed by atoms with E-state index in [9.17, 15) is 14.4 Å². The number of carbonyl (C=O) groups is 3. The standard InChI is InChI=1S/C26H24N2O4/c1-17-7-5-8-18(2)23(17)32-14-13-27-24(29)20-10-6-9-19(15-20)16-28-25(30)21-11-3-4-12-22(21)26(28)31/h3-12,15H,13-14,16H2,1-2H3,(H,27,29). The Hall–Kier alpha value is -3.93. The van der Waals surface area contributed by atoms with Gasteiger partial charge in [0, 0.05) is 5.56 Å². The lowest BCUT2D eigenvalue weighted by molar-refractivity contribution is 0.0642. The molecule has 3 aromatic rings. The minimum Gasteiger partial charge on any atom is -0.491 e. The molecular weight excluding hydrogens is 404 g/mol. The molecule has 1 aliphatic rings. The Kier molecular flexibility index (Phi) is 6.03. The van der Waals surface area contributed by atoms with Crippen LogP contribution in [0.1, 0.15) is 47.8 Å². The Morgan fingerprint density at radius 3 is 2.16 bits per heavy atom. The van der Waals surface area contributed by atoms with Gasteiger partial charge in [0.05, 0.1) is 24.2 Å². The van der Waals surface area contributed by atoms with Crippen molar-refractivity contribution < 1.29 is 19.1 Å². The van der Waals surface area contributed by atoms with E-state index in [1.165, 1.54) is 4.90 Å². The number of rotatable bonds is 7. The summed E-state index contributed by atoms with van der Waals surface area (Å²) in [6.45, 7) is 4.80. The quantitative estimate of drug-likeness (QED) is 0.457. The Morgan fingerprint density at radius 2 is 1.50 bits per heavy atom. The number of fused-ring (bicyclic) bond motifs is 1. The molecule has 3 amide bonds. The molecular formula is C26H24N2O4. The maximum absolute atomic E-state index is 12.6. The van der Waals surface area contributed by atoms with Gasteiger partial charge in [-0.05, 0) is 54.8 Å². The third-order valence-electron chi connectivity index (χ3n) is 5.45. The lowest BCUT2D eigenvalue weighted by Crippen LogP contribution is -2.30. The Bertz CT molecular complexity index is 1150. The van der Waals surface area contributed by atoms with Gasteiger partial charge in [-0.1, -0.05) is 42.5 Å². The first-order chi connectivity index (χ1) is 15.5. The highest BCUT2D eigenvalue weighted by atomic mass is 16.5. The van der Waals surface area contributed by atoms with Gasteiger partial charge in [-0.15, -0.1) is 0 Å². The summed E-state index contributed by atoms with van der Waals surface area (Å²) in [5.41, 5.74) is 4.10. The highest BCUT2D eigenvalue weighted by Gasteiger charge is 2.34. The van der Waals surface area contributed by atoms with Crippen LogP contribution in [0.5, 0.6) is 5.75 Å². The first-order valence-corrected chi connectivity index (χ1v) is 10.5. The number of imide groups is 1. The van der Waals surface area contributed by atoms with Gasteiger partial charge in [0.25, 0.3) is 17.7 Å². The van der Waals surface area contributed by atoms with Crippen molar-refractivity contribution in [2.45, 2.75) is 20.4 Å². The molecule has 6 nitrogen and oxygen atoms in total. The van der Waals surface area contributed by atoms with Crippen LogP contribution in [0.2, 0.25) is 0 Å². The van der Waals surface area contributed by atoms with E-state index < -0.39 is 0 Å². The van der Waals surface area contributed by atoms with Crippen LogP contribution >= 0.6 is 0 Å². The van der Waals surface area contributed by atoms with E-state index in [2.05, 4.69) is 5.32 Å². The fourth-order valence-electron chi connectivity index (χ4n) is 3.82. The van der Waals surface area contributed by atoms with Gasteiger partial charge in [0.2, 0.25) is 0 Å². The first kappa shape index (κ1) is 21.3. The normalized spacial score (nSPS) is 12.6. The van der Waals surface area contributed by atoms with Crippen molar-refractivity contribution in [3.8, 4) is 5.75 Å². The van der Waals surface area contributed by atoms with Crippen molar-refractivity contribution in [1.82, 2.24) is 10.2 Å². The van der Waals surface area contributed by atoms with E-state index in [1.54, 1.807) is 48.5 Å². The maximum atomic E-state index is 12.6. The van der Waals surface area contributed by atoms with Gasteiger partial charge in [-0.2, -0.15) is 0 Å². The van der Waals surface area contributed by atoms with Crippen LogP contribution < -0.4 is 10.1 Å². The number of aryl methyl sites for hydroxylation is 2. The Morgan fingerprint density at radius 1 is 0.875 bits per heavy atom. The molecule has 32 heavy (non-hydrogen) atoms. The summed E-state index contributed by atoms with van der Waals surface area (Å²) in [5.74, 6) is -0.0304. The summed E-state index contributed by atoms with van der Waals surface area (Å²) in [6, 6.07) is 19.7. The van der Waals surface area contributed by atoms with Gasteiger partial charge < -0.3 is 10.1 Å². The molecule has 1 N–H and O–H groups in total. The second-order valence-electron chi connectivity index (χ2n) is 7.77. The average Bonchev–Trinajstić information content (AvgIpc) is 3.03. The summed E-state index contributed by atoms with van der Waals surface area (Å²) in [4.78, 5) is 38.9. The molecule has 1 aliphatic heterocycles. The van der Waals surface area contributed by atoms with Gasteiger partial charge in [-0.3, -0.25) is 19.3 Å². The molecule has 4 rings (SSSR count). The molecule has 1 heterocycles. The summed E-state index contributed by atoms with van der Waals surface area (Å²) >= 11 is 0. The molecule has 0 unspecified atom stereocenters. The number of nitrogens with one attached hydrogen (secondary N) is 1. The number of benzene rings is 3. The number of nitrogens with zero attached hydrogens (tertiary/aromatic N) is 1. The molecule has 162 valence electrons. The van der Waals surface area contributed by atoms with Crippen LogP contribution in [0.4, 0.5) is 0 Å². The SMILES string of the molecule is Cc1cccc(C)c1OCCNC(=O)c1cccc(CN2C(=O)c3ccccc3C2=O)c1. The van der Waals surface area contributed by atoms with Crippen molar-refractivity contribution in [2.24, 2.45) is 0 Å². The van der Waals surface area contributed by atoms with Crippen LogP contribution in [0, 0.1) is 13.8 Å². The van der Waals surface area contributed by atoms with E-state index >= 15 is 0 Å². The Balaban J connectivity index is 1.35. The number of carbonyl (C=O) groups excluding carboxylic acids is 3. The first-order valence-electron chi connectivity index (χ1n) is 10.5. The topological polar surface area (TPSA) is 75.7 Å². The molecule has 3 aromatic carbocycles. The number of hydrogen-bond acceptors (Lipinski definition) is 4. The fraction of sp³-hybridized carbons (Fsp3) is 0.192. The summed E-state index contributed by atoms with van der Waals surface area (Å²) in [7, 11) is 0. The average molecular weight is 428 g/mol. The highest BCUT2D eigenvalue weighted by molar-refractivity contribution is 6.21. The number of amides is 3. The second kappa shape index (κ2) is 9.06. The zero-order valence-electron chi connectivity index (χ0n) is 18.1. The van der Waals surface area contributed by atoms with Gasteiger partial charge in [-0.25, -0.2) is 0 Å². The fourth-order valence-corrected chi connectivity index (χ4v) is 3.82. The smallest absolute Gasteiger partial charge is 0.261 e. The highest BCUT2D eigenvalue weighted by Crippen LogP contribution is 2.24. The molecule has 0 aromatic heterocycles. The lowest BCUT2D eigenvalue weighted by Gasteiger charge is -2.15. The number of para-hydroxylation sites is 1. The molecule has 0 bridgehead atoms. The molecule has 0 saturated carbocycles. The largest absolute Gasteiger partial charge is 0.491 e. The molecule has 6 heteroatoms. The predicted molar refractivity (Wildman–Crippen MR) is 121 cm³/mol. The molecule has 0 radical (unpaired) electrons. The predicted octanol–water partition coefficient (Wildman–Crippen LogP) is 3.91. The van der Waals surface area contributed by atoms with Gasteiger partial charge in [0.1, 0.15) is 12.4 Å². The number of hydrogen-bond donors (Lipinski definition) is 1. The third-order valence-corrected chi connectivity index (χ3v) is 5.45. The van der Waals surface area contributed by atoms with E-state index in [0.29, 0.717) is 35.4 Å². The maximum Gasteiger partial charge on any atom is 0.261 e. The molecule has 0 spiro atoms. The minimum absolute atomic E-state index is 0.114. The zero-order valence-corrected chi connectivity index (χ0v) is 18.1. The van der Waals surface area contributed by atoms with E-state index in [-0.39, 0.29) is 24.3 Å². The van der Waals surface area contributed by atoms with Crippen LogP contribution in [-0.4, -0.2) is 35.8 Å². The monoisotopic (exact) mass is 428 g/mol. The molecule has 0 aliphatic carbocycles. The zero-order chi connectivity index (χ0) is 22.7.